The molecule has 0 aliphatic rings. The van der Waals surface area contributed by atoms with Crippen LogP contribution >= 0.6 is 11.3 Å². The van der Waals surface area contributed by atoms with E-state index in [1.54, 1.807) is 4.40 Å². The second kappa shape index (κ2) is 6.11. The average Bonchev–Trinajstić information content (AvgIpc) is 3.12. The van der Waals surface area contributed by atoms with Crippen LogP contribution in [0.4, 0.5) is 0 Å². The van der Waals surface area contributed by atoms with Gasteiger partial charge in [-0.05, 0) is 43.5 Å². The standard InChI is InChI=1S/C21H18N2O2S/c1-12-9-10-16(11-13(12)2)18-14(3)26-21-22-17(15-7-5-4-6-8-15)19(20(24)25)23(18)21/h4-11H,1-3H3,(H,24,25). The topological polar surface area (TPSA) is 54.6 Å². The van der Waals surface area contributed by atoms with Crippen molar-refractivity contribution in [2.45, 2.75) is 20.8 Å². The highest BCUT2D eigenvalue weighted by atomic mass is 32.1. The first-order chi connectivity index (χ1) is 12.5. The molecule has 2 aromatic carbocycles. The number of aromatic carboxylic acids is 1. The number of carboxylic acids is 1. The summed E-state index contributed by atoms with van der Waals surface area (Å²) in [7, 11) is 0. The number of imidazole rings is 1. The van der Waals surface area contributed by atoms with E-state index in [0.717, 1.165) is 21.7 Å². The first-order valence-electron chi connectivity index (χ1n) is 8.35. The molecule has 0 amide bonds. The molecule has 130 valence electrons. The number of fused-ring (bicyclic) bond motifs is 1. The summed E-state index contributed by atoms with van der Waals surface area (Å²) in [6.07, 6.45) is 0. The number of nitrogens with zero attached hydrogens (tertiary/aromatic N) is 2. The van der Waals surface area contributed by atoms with Gasteiger partial charge in [0.25, 0.3) is 0 Å². The van der Waals surface area contributed by atoms with Gasteiger partial charge in [0.2, 0.25) is 0 Å². The number of aromatic nitrogens is 2. The summed E-state index contributed by atoms with van der Waals surface area (Å²) in [6, 6.07) is 15.7. The van der Waals surface area contributed by atoms with Crippen LogP contribution < -0.4 is 0 Å². The van der Waals surface area contributed by atoms with Gasteiger partial charge >= 0.3 is 5.97 Å². The molecule has 0 saturated heterocycles. The smallest absolute Gasteiger partial charge is 0.355 e. The molecule has 4 aromatic rings. The molecular formula is C21H18N2O2S. The van der Waals surface area contributed by atoms with E-state index in [-0.39, 0.29) is 5.69 Å². The van der Waals surface area contributed by atoms with Gasteiger partial charge in [0.15, 0.2) is 10.7 Å². The maximum absolute atomic E-state index is 12.1. The molecule has 0 radical (unpaired) electrons. The molecule has 26 heavy (non-hydrogen) atoms. The average molecular weight is 362 g/mol. The van der Waals surface area contributed by atoms with Gasteiger partial charge in [-0.15, -0.1) is 11.3 Å². The molecule has 4 rings (SSSR count). The van der Waals surface area contributed by atoms with Crippen molar-refractivity contribution in [2.75, 3.05) is 0 Å². The van der Waals surface area contributed by atoms with Crippen LogP contribution in [0.1, 0.15) is 26.5 Å². The van der Waals surface area contributed by atoms with Crippen molar-refractivity contribution in [3.63, 3.8) is 0 Å². The Labute approximate surface area is 155 Å². The van der Waals surface area contributed by atoms with Gasteiger partial charge in [-0.1, -0.05) is 42.5 Å². The van der Waals surface area contributed by atoms with Crippen LogP contribution in [0.3, 0.4) is 0 Å². The summed E-state index contributed by atoms with van der Waals surface area (Å²) in [5, 5.41) is 9.94. The zero-order chi connectivity index (χ0) is 18.4. The molecule has 0 bridgehead atoms. The van der Waals surface area contributed by atoms with Crippen molar-refractivity contribution in [1.29, 1.82) is 0 Å². The molecule has 0 aliphatic carbocycles. The number of thiazole rings is 1. The molecule has 5 heteroatoms. The Morgan fingerprint density at radius 2 is 1.73 bits per heavy atom. The summed E-state index contributed by atoms with van der Waals surface area (Å²) in [6.45, 7) is 6.15. The lowest BCUT2D eigenvalue weighted by atomic mass is 10.0. The van der Waals surface area contributed by atoms with Crippen molar-refractivity contribution in [1.82, 2.24) is 9.38 Å². The highest BCUT2D eigenvalue weighted by molar-refractivity contribution is 7.17. The summed E-state index contributed by atoms with van der Waals surface area (Å²) < 4.78 is 1.79. The second-order valence-corrected chi connectivity index (χ2v) is 7.59. The van der Waals surface area contributed by atoms with Crippen molar-refractivity contribution >= 4 is 22.3 Å². The van der Waals surface area contributed by atoms with Gasteiger partial charge in [-0.3, -0.25) is 4.40 Å². The number of carbonyl (C=O) groups is 1. The zero-order valence-electron chi connectivity index (χ0n) is 14.8. The van der Waals surface area contributed by atoms with Crippen LogP contribution in [-0.2, 0) is 0 Å². The summed E-state index contributed by atoms with van der Waals surface area (Å²) in [4.78, 5) is 18.5. The monoisotopic (exact) mass is 362 g/mol. The third kappa shape index (κ3) is 2.52. The van der Waals surface area contributed by atoms with Gasteiger partial charge in [0, 0.05) is 10.4 Å². The predicted molar refractivity (Wildman–Crippen MR) is 105 cm³/mol. The fourth-order valence-electron chi connectivity index (χ4n) is 3.23. The second-order valence-electron chi connectivity index (χ2n) is 6.40. The summed E-state index contributed by atoms with van der Waals surface area (Å²) >= 11 is 1.52. The van der Waals surface area contributed by atoms with Crippen LogP contribution in [0.25, 0.3) is 27.5 Å². The molecule has 4 nitrogen and oxygen atoms in total. The van der Waals surface area contributed by atoms with Crippen molar-refractivity contribution in [3.05, 3.63) is 70.2 Å². The van der Waals surface area contributed by atoms with Crippen LogP contribution in [0, 0.1) is 20.8 Å². The Hall–Kier alpha value is -2.92. The summed E-state index contributed by atoms with van der Waals surface area (Å²) in [5.74, 6) is -0.973. The number of hydrogen-bond donors (Lipinski definition) is 1. The molecule has 1 N–H and O–H groups in total. The van der Waals surface area contributed by atoms with Crippen LogP contribution in [0.5, 0.6) is 0 Å². The van der Waals surface area contributed by atoms with Gasteiger partial charge in [-0.2, -0.15) is 0 Å². The highest BCUT2D eigenvalue weighted by Crippen LogP contribution is 2.36. The normalized spacial score (nSPS) is 11.2. The number of carboxylic acid groups (broad SMARTS) is 1. The Bertz CT molecular complexity index is 1140. The van der Waals surface area contributed by atoms with E-state index < -0.39 is 5.97 Å². The van der Waals surface area contributed by atoms with Crippen LogP contribution in [0.2, 0.25) is 0 Å². The highest BCUT2D eigenvalue weighted by Gasteiger charge is 2.25. The largest absolute Gasteiger partial charge is 0.476 e. The lowest BCUT2D eigenvalue weighted by Crippen LogP contribution is -2.05. The van der Waals surface area contributed by atoms with Crippen molar-refractivity contribution in [3.8, 4) is 22.5 Å². The number of rotatable bonds is 3. The fraction of sp³-hybridized carbons (Fsp3) is 0.143. The molecule has 0 atom stereocenters. The third-order valence-electron chi connectivity index (χ3n) is 4.68. The van der Waals surface area contributed by atoms with Gasteiger partial charge < -0.3 is 5.11 Å². The Balaban J connectivity index is 2.06. The van der Waals surface area contributed by atoms with E-state index in [2.05, 4.69) is 31.0 Å². The fourth-order valence-corrected chi connectivity index (χ4v) is 4.22. The van der Waals surface area contributed by atoms with E-state index >= 15 is 0 Å². The van der Waals surface area contributed by atoms with E-state index in [0.29, 0.717) is 10.7 Å². The van der Waals surface area contributed by atoms with Gasteiger partial charge in [-0.25, -0.2) is 9.78 Å². The van der Waals surface area contributed by atoms with Crippen LogP contribution in [0.15, 0.2) is 48.5 Å². The Morgan fingerprint density at radius 3 is 2.38 bits per heavy atom. The molecule has 2 aromatic heterocycles. The van der Waals surface area contributed by atoms with Crippen molar-refractivity contribution in [2.24, 2.45) is 0 Å². The van der Waals surface area contributed by atoms with Crippen molar-refractivity contribution < 1.29 is 9.90 Å². The van der Waals surface area contributed by atoms with E-state index in [1.807, 2.05) is 43.3 Å². The SMILES string of the molecule is Cc1ccc(-c2c(C)sc3nc(-c4ccccc4)c(C(=O)O)n23)cc1C. The van der Waals surface area contributed by atoms with Gasteiger partial charge in [0.05, 0.1) is 5.69 Å². The summed E-state index contributed by atoms with van der Waals surface area (Å²) in [5.41, 5.74) is 5.84. The van der Waals surface area contributed by atoms with E-state index in [4.69, 9.17) is 0 Å². The van der Waals surface area contributed by atoms with E-state index in [1.165, 1.54) is 22.5 Å². The predicted octanol–water partition coefficient (Wildman–Crippen LogP) is 5.35. The molecular weight excluding hydrogens is 344 g/mol. The Kier molecular flexibility index (Phi) is 3.89. The van der Waals surface area contributed by atoms with Crippen LogP contribution in [-0.4, -0.2) is 20.5 Å². The minimum atomic E-state index is -0.973. The maximum Gasteiger partial charge on any atom is 0.355 e. The molecule has 0 fully saturated rings. The first kappa shape index (κ1) is 16.5. The van der Waals surface area contributed by atoms with Gasteiger partial charge in [0.1, 0.15) is 5.69 Å². The third-order valence-corrected chi connectivity index (χ3v) is 5.63. The molecule has 0 unspecified atom stereocenters. The number of hydrogen-bond acceptors (Lipinski definition) is 3. The molecule has 0 saturated carbocycles. The minimum Gasteiger partial charge on any atom is -0.476 e. The van der Waals surface area contributed by atoms with E-state index in [9.17, 15) is 9.90 Å². The molecule has 0 aliphatic heterocycles. The number of aryl methyl sites for hydroxylation is 3. The quantitative estimate of drug-likeness (QED) is 0.534. The lowest BCUT2D eigenvalue weighted by Gasteiger charge is -2.08. The number of benzene rings is 2. The molecule has 0 spiro atoms. The minimum absolute atomic E-state index is 0.212. The Morgan fingerprint density at radius 1 is 1.00 bits per heavy atom. The lowest BCUT2D eigenvalue weighted by molar-refractivity contribution is 0.0690. The molecule has 2 heterocycles. The first-order valence-corrected chi connectivity index (χ1v) is 9.17. The zero-order valence-corrected chi connectivity index (χ0v) is 15.6. The maximum atomic E-state index is 12.1.